The topological polar surface area (TPSA) is 29.3 Å². The van der Waals surface area contributed by atoms with Gasteiger partial charge in [0.25, 0.3) is 0 Å². The van der Waals surface area contributed by atoms with Crippen LogP contribution in [0.2, 0.25) is 0 Å². The van der Waals surface area contributed by atoms with Crippen LogP contribution in [0.5, 0.6) is 0 Å². The fourth-order valence-electron chi connectivity index (χ4n) is 1.56. The van der Waals surface area contributed by atoms with E-state index in [9.17, 15) is 0 Å². The molecule has 0 saturated carbocycles. The smallest absolute Gasteiger partial charge is 0.00975 e. The minimum Gasteiger partial charge on any atom is -0.326 e. The molecule has 0 amide bonds. The van der Waals surface area contributed by atoms with Crippen LogP contribution in [0.4, 0.5) is 0 Å². The van der Waals surface area contributed by atoms with E-state index in [1.165, 1.54) is 25.9 Å². The van der Waals surface area contributed by atoms with Crippen LogP contribution in [0.1, 0.15) is 47.0 Å². The minimum absolute atomic E-state index is 0.00277. The molecule has 2 nitrogen and oxygen atoms in total. The summed E-state index contributed by atoms with van der Waals surface area (Å²) < 4.78 is 0. The van der Waals surface area contributed by atoms with Gasteiger partial charge in [-0.15, -0.1) is 0 Å². The fraction of sp³-hybridized carbons (Fsp3) is 1.00. The molecule has 86 valence electrons. The van der Waals surface area contributed by atoms with Crippen molar-refractivity contribution in [1.29, 1.82) is 0 Å². The molecule has 1 atom stereocenters. The van der Waals surface area contributed by atoms with Crippen molar-refractivity contribution in [3.63, 3.8) is 0 Å². The summed E-state index contributed by atoms with van der Waals surface area (Å²) in [7, 11) is 2.20. The highest BCUT2D eigenvalue weighted by molar-refractivity contribution is 4.72. The van der Waals surface area contributed by atoms with Crippen LogP contribution < -0.4 is 5.73 Å². The van der Waals surface area contributed by atoms with E-state index in [-0.39, 0.29) is 5.54 Å². The second-order valence-corrected chi connectivity index (χ2v) is 5.37. The van der Waals surface area contributed by atoms with Crippen LogP contribution in [0.3, 0.4) is 0 Å². The molecule has 0 fully saturated rings. The van der Waals surface area contributed by atoms with Crippen LogP contribution in [0, 0.1) is 5.92 Å². The highest BCUT2D eigenvalue weighted by Gasteiger charge is 2.10. The first-order valence-electron chi connectivity index (χ1n) is 5.82. The Hall–Kier alpha value is -0.0800. The second-order valence-electron chi connectivity index (χ2n) is 5.37. The van der Waals surface area contributed by atoms with Gasteiger partial charge in [-0.1, -0.05) is 20.3 Å². The van der Waals surface area contributed by atoms with Crippen LogP contribution in [0.15, 0.2) is 0 Å². The zero-order valence-corrected chi connectivity index (χ0v) is 10.6. The fourth-order valence-corrected chi connectivity index (χ4v) is 1.56. The summed E-state index contributed by atoms with van der Waals surface area (Å²) in [6, 6.07) is 0. The third-order valence-electron chi connectivity index (χ3n) is 2.68. The molecule has 1 unspecified atom stereocenters. The molecule has 2 N–H and O–H groups in total. The van der Waals surface area contributed by atoms with E-state index in [0.717, 1.165) is 12.3 Å². The van der Waals surface area contributed by atoms with E-state index in [1.54, 1.807) is 0 Å². The van der Waals surface area contributed by atoms with Crippen molar-refractivity contribution >= 4 is 0 Å². The monoisotopic (exact) mass is 200 g/mol. The van der Waals surface area contributed by atoms with Gasteiger partial charge in [-0.25, -0.2) is 0 Å². The van der Waals surface area contributed by atoms with Crippen molar-refractivity contribution in [2.24, 2.45) is 11.7 Å². The molecule has 0 aromatic heterocycles. The Kier molecular flexibility index (Phi) is 6.38. The van der Waals surface area contributed by atoms with Crippen molar-refractivity contribution in [3.05, 3.63) is 0 Å². The third-order valence-corrected chi connectivity index (χ3v) is 2.68. The van der Waals surface area contributed by atoms with Crippen molar-refractivity contribution in [3.8, 4) is 0 Å². The van der Waals surface area contributed by atoms with Crippen molar-refractivity contribution in [1.82, 2.24) is 4.90 Å². The number of rotatable bonds is 7. The lowest BCUT2D eigenvalue weighted by atomic mass is 10.00. The molecule has 0 aliphatic heterocycles. The molecule has 14 heavy (non-hydrogen) atoms. The maximum Gasteiger partial charge on any atom is 0.00975 e. The summed E-state index contributed by atoms with van der Waals surface area (Å²) in [6.07, 6.45) is 3.58. The van der Waals surface area contributed by atoms with Gasteiger partial charge in [0.2, 0.25) is 0 Å². The van der Waals surface area contributed by atoms with E-state index < -0.39 is 0 Å². The first-order chi connectivity index (χ1) is 6.35. The predicted octanol–water partition coefficient (Wildman–Crippen LogP) is 2.48. The molecule has 0 heterocycles. The molecule has 0 aliphatic rings. The summed E-state index contributed by atoms with van der Waals surface area (Å²) >= 11 is 0. The standard InChI is InChI=1S/C12H28N2/c1-6-11(2)10-14(5)9-7-8-12(3,4)13/h11H,6-10,13H2,1-5H3. The van der Waals surface area contributed by atoms with Crippen LogP contribution in [0.25, 0.3) is 0 Å². The molecule has 2 heteroatoms. The quantitative estimate of drug-likeness (QED) is 0.684. The highest BCUT2D eigenvalue weighted by Crippen LogP contribution is 2.08. The second kappa shape index (κ2) is 6.41. The molecule has 0 radical (unpaired) electrons. The summed E-state index contributed by atoms with van der Waals surface area (Å²) in [5.41, 5.74) is 5.93. The van der Waals surface area contributed by atoms with Crippen molar-refractivity contribution < 1.29 is 0 Å². The van der Waals surface area contributed by atoms with Gasteiger partial charge in [0, 0.05) is 12.1 Å². The summed E-state index contributed by atoms with van der Waals surface area (Å²) in [4.78, 5) is 2.42. The van der Waals surface area contributed by atoms with Gasteiger partial charge in [-0.2, -0.15) is 0 Å². The Morgan fingerprint density at radius 3 is 2.36 bits per heavy atom. The molecule has 0 rings (SSSR count). The van der Waals surface area contributed by atoms with Crippen LogP contribution in [-0.4, -0.2) is 30.6 Å². The Morgan fingerprint density at radius 2 is 1.93 bits per heavy atom. The maximum atomic E-state index is 5.93. The zero-order valence-electron chi connectivity index (χ0n) is 10.6. The van der Waals surface area contributed by atoms with Gasteiger partial charge >= 0.3 is 0 Å². The van der Waals surface area contributed by atoms with Gasteiger partial charge in [-0.05, 0) is 46.2 Å². The van der Waals surface area contributed by atoms with E-state index >= 15 is 0 Å². The molecule has 0 spiro atoms. The first kappa shape index (κ1) is 13.9. The summed E-state index contributed by atoms with van der Waals surface area (Å²) in [5.74, 6) is 0.811. The number of hydrogen-bond acceptors (Lipinski definition) is 2. The molecule has 0 aromatic carbocycles. The van der Waals surface area contributed by atoms with E-state index in [2.05, 4.69) is 39.6 Å². The maximum absolute atomic E-state index is 5.93. The Balaban J connectivity index is 3.49. The normalized spacial score (nSPS) is 14.8. The Labute approximate surface area is 89.9 Å². The van der Waals surface area contributed by atoms with Gasteiger partial charge in [0.1, 0.15) is 0 Å². The minimum atomic E-state index is -0.00277. The highest BCUT2D eigenvalue weighted by atomic mass is 15.1. The molecule has 0 saturated heterocycles. The van der Waals surface area contributed by atoms with Crippen molar-refractivity contribution in [2.45, 2.75) is 52.5 Å². The molecule has 0 aromatic rings. The summed E-state index contributed by atoms with van der Waals surface area (Å²) in [6.45, 7) is 11.1. The lowest BCUT2D eigenvalue weighted by Gasteiger charge is -2.23. The predicted molar refractivity (Wildman–Crippen MR) is 64.5 cm³/mol. The van der Waals surface area contributed by atoms with Crippen molar-refractivity contribution in [2.75, 3.05) is 20.1 Å². The lowest BCUT2D eigenvalue weighted by Crippen LogP contribution is -2.33. The molecule has 0 bridgehead atoms. The van der Waals surface area contributed by atoms with Gasteiger partial charge in [0.15, 0.2) is 0 Å². The number of nitrogens with zero attached hydrogens (tertiary/aromatic N) is 1. The molecular weight excluding hydrogens is 172 g/mol. The third kappa shape index (κ3) is 8.52. The largest absolute Gasteiger partial charge is 0.326 e. The SMILES string of the molecule is CCC(C)CN(C)CCCC(C)(C)N. The van der Waals surface area contributed by atoms with Gasteiger partial charge in [-0.3, -0.25) is 0 Å². The molecular formula is C12H28N2. The van der Waals surface area contributed by atoms with E-state index in [1.807, 2.05) is 0 Å². The Morgan fingerprint density at radius 1 is 1.36 bits per heavy atom. The van der Waals surface area contributed by atoms with Gasteiger partial charge in [0.05, 0.1) is 0 Å². The van der Waals surface area contributed by atoms with Crippen LogP contribution in [-0.2, 0) is 0 Å². The average molecular weight is 200 g/mol. The van der Waals surface area contributed by atoms with Crippen LogP contribution >= 0.6 is 0 Å². The number of hydrogen-bond donors (Lipinski definition) is 1. The molecule has 0 aliphatic carbocycles. The summed E-state index contributed by atoms with van der Waals surface area (Å²) in [5, 5.41) is 0. The first-order valence-corrected chi connectivity index (χ1v) is 5.82. The average Bonchev–Trinajstić information content (AvgIpc) is 2.01. The van der Waals surface area contributed by atoms with Gasteiger partial charge < -0.3 is 10.6 Å². The number of nitrogens with two attached hydrogens (primary N) is 1. The lowest BCUT2D eigenvalue weighted by molar-refractivity contribution is 0.268. The Bertz CT molecular complexity index is 138. The van der Waals surface area contributed by atoms with E-state index in [0.29, 0.717) is 0 Å². The van der Waals surface area contributed by atoms with E-state index in [4.69, 9.17) is 5.73 Å². The zero-order chi connectivity index (χ0) is 11.2.